The molecule has 0 bridgehead atoms. The molecule has 0 spiro atoms. The van der Waals surface area contributed by atoms with Crippen molar-refractivity contribution in [1.29, 1.82) is 0 Å². The summed E-state index contributed by atoms with van der Waals surface area (Å²) in [7, 11) is -4.77. The van der Waals surface area contributed by atoms with E-state index in [0.717, 1.165) is 27.1 Å². The van der Waals surface area contributed by atoms with Crippen molar-refractivity contribution in [2.45, 2.75) is 24.5 Å². The van der Waals surface area contributed by atoms with E-state index in [4.69, 9.17) is 14.5 Å². The Morgan fingerprint density at radius 2 is 1.64 bits per heavy atom. The number of phosphoric ester groups is 1. The van der Waals surface area contributed by atoms with Gasteiger partial charge in [0.15, 0.2) is 11.9 Å². The molecule has 1 aliphatic heterocycles. The largest absolute Gasteiger partial charge is 0.469 e. The maximum Gasteiger partial charge on any atom is 0.469 e. The van der Waals surface area contributed by atoms with Crippen LogP contribution >= 0.6 is 7.82 Å². The van der Waals surface area contributed by atoms with Crippen LogP contribution in [-0.2, 0) is 13.8 Å². The third kappa shape index (κ3) is 4.06. The second-order valence-electron chi connectivity index (χ2n) is 8.64. The normalized spacial score (nSPS) is 22.7. The van der Waals surface area contributed by atoms with Crippen LogP contribution in [0.2, 0.25) is 0 Å². The number of phosphoric acid groups is 1. The maximum atomic E-state index is 11.0. The van der Waals surface area contributed by atoms with E-state index in [9.17, 15) is 14.8 Å². The monoisotopic (exact) mass is 508 g/mol. The number of fused-ring (bicyclic) bond motifs is 3. The number of aliphatic hydroxyl groups excluding tert-OH is 2. The van der Waals surface area contributed by atoms with E-state index >= 15 is 0 Å². The van der Waals surface area contributed by atoms with Gasteiger partial charge in [0.05, 0.1) is 12.9 Å². The van der Waals surface area contributed by atoms with E-state index in [1.807, 2.05) is 30.3 Å². The Labute approximate surface area is 203 Å². The van der Waals surface area contributed by atoms with Crippen LogP contribution in [0.5, 0.6) is 0 Å². The molecule has 36 heavy (non-hydrogen) atoms. The zero-order chi connectivity index (χ0) is 25.0. The number of rotatable bonds is 5. The van der Waals surface area contributed by atoms with Gasteiger partial charge in [-0.2, -0.15) is 0 Å². The Kier molecular flexibility index (Phi) is 5.58. The molecular formula is C24H21N4O7P. The average Bonchev–Trinajstić information content (AvgIpc) is 3.41. The van der Waals surface area contributed by atoms with Gasteiger partial charge in [-0.1, -0.05) is 36.4 Å². The highest BCUT2D eigenvalue weighted by molar-refractivity contribution is 7.46. The van der Waals surface area contributed by atoms with Gasteiger partial charge in [0.25, 0.3) is 0 Å². The standard InChI is InChI=1S/C24H21N4O7P/c29-21-18(10-34-36(31,32)33)35-24(22(21)30)28-12-27-20-19(25-11-26-23(20)28)16-6-5-15-7-13-3-1-2-4-14(13)8-17(15)9-16/h1-9,11-12,18,21-22,24,29-30H,10H2,(H2,31,32,33)/t18-,21-,22-,24-/m1/s1. The molecule has 1 fully saturated rings. The molecule has 0 amide bonds. The lowest BCUT2D eigenvalue weighted by Crippen LogP contribution is -2.33. The van der Waals surface area contributed by atoms with Crippen molar-refractivity contribution in [2.75, 3.05) is 6.61 Å². The minimum Gasteiger partial charge on any atom is -0.387 e. The van der Waals surface area contributed by atoms with Gasteiger partial charge in [0.2, 0.25) is 0 Å². The molecule has 5 aromatic rings. The van der Waals surface area contributed by atoms with E-state index in [0.29, 0.717) is 16.9 Å². The van der Waals surface area contributed by atoms with Crippen molar-refractivity contribution in [3.05, 3.63) is 67.3 Å². The SMILES string of the molecule is O=P(O)(O)OC[C@H]1O[C@@H](n2cnc3c(-c4ccc5cc6ccccc6cc5c4)ncnc32)[C@H](O)[C@@H]1O. The Morgan fingerprint density at radius 1 is 0.917 bits per heavy atom. The maximum absolute atomic E-state index is 11.0. The number of imidazole rings is 1. The summed E-state index contributed by atoms with van der Waals surface area (Å²) in [4.78, 5) is 31.1. The number of aromatic nitrogens is 4. The van der Waals surface area contributed by atoms with Crippen molar-refractivity contribution >= 4 is 40.5 Å². The first-order valence-corrected chi connectivity index (χ1v) is 12.6. The highest BCUT2D eigenvalue weighted by Gasteiger charge is 2.45. The van der Waals surface area contributed by atoms with E-state index < -0.39 is 39.0 Å². The van der Waals surface area contributed by atoms with Crippen LogP contribution in [0.4, 0.5) is 0 Å². The van der Waals surface area contributed by atoms with E-state index in [1.165, 1.54) is 17.2 Å². The van der Waals surface area contributed by atoms with Crippen LogP contribution in [0, 0.1) is 0 Å². The smallest absolute Gasteiger partial charge is 0.387 e. The summed E-state index contributed by atoms with van der Waals surface area (Å²) in [6.07, 6.45) is -2.29. The fourth-order valence-electron chi connectivity index (χ4n) is 4.60. The molecule has 0 unspecified atom stereocenters. The summed E-state index contributed by atoms with van der Waals surface area (Å²) in [5.41, 5.74) is 2.25. The van der Waals surface area contributed by atoms with Gasteiger partial charge in [0, 0.05) is 5.56 Å². The minimum absolute atomic E-state index is 0.367. The van der Waals surface area contributed by atoms with Crippen LogP contribution in [-0.4, -0.2) is 64.4 Å². The van der Waals surface area contributed by atoms with Gasteiger partial charge in [-0.25, -0.2) is 19.5 Å². The fourth-order valence-corrected chi connectivity index (χ4v) is 4.95. The molecule has 2 aromatic heterocycles. The first-order valence-electron chi connectivity index (χ1n) is 11.1. The lowest BCUT2D eigenvalue weighted by molar-refractivity contribution is -0.0504. The Balaban J connectivity index is 1.36. The number of hydrogen-bond donors (Lipinski definition) is 4. The average molecular weight is 508 g/mol. The second-order valence-corrected chi connectivity index (χ2v) is 9.88. The van der Waals surface area contributed by atoms with Gasteiger partial charge in [-0.15, -0.1) is 0 Å². The van der Waals surface area contributed by atoms with Crippen LogP contribution in [0.1, 0.15) is 6.23 Å². The first-order chi connectivity index (χ1) is 17.3. The van der Waals surface area contributed by atoms with Crippen LogP contribution < -0.4 is 0 Å². The molecule has 1 saturated heterocycles. The lowest BCUT2D eigenvalue weighted by atomic mass is 10.0. The summed E-state index contributed by atoms with van der Waals surface area (Å²) < 4.78 is 22.6. The van der Waals surface area contributed by atoms with E-state index in [-0.39, 0.29) is 0 Å². The highest BCUT2D eigenvalue weighted by Crippen LogP contribution is 2.39. The molecule has 0 aliphatic carbocycles. The zero-order valence-corrected chi connectivity index (χ0v) is 19.5. The fraction of sp³-hybridized carbons (Fsp3) is 0.208. The molecule has 12 heteroatoms. The Morgan fingerprint density at radius 3 is 2.39 bits per heavy atom. The van der Waals surface area contributed by atoms with Gasteiger partial charge in [-0.05, 0) is 39.7 Å². The molecule has 3 heterocycles. The van der Waals surface area contributed by atoms with Crippen molar-refractivity contribution in [3.63, 3.8) is 0 Å². The first kappa shape index (κ1) is 23.1. The predicted molar refractivity (Wildman–Crippen MR) is 130 cm³/mol. The molecule has 0 saturated carbocycles. The second kappa shape index (κ2) is 8.68. The zero-order valence-electron chi connectivity index (χ0n) is 18.6. The van der Waals surface area contributed by atoms with Crippen LogP contribution in [0.15, 0.2) is 67.3 Å². The van der Waals surface area contributed by atoms with Gasteiger partial charge >= 0.3 is 7.82 Å². The van der Waals surface area contributed by atoms with E-state index in [2.05, 4.69) is 43.7 Å². The number of aliphatic hydroxyl groups is 2. The van der Waals surface area contributed by atoms with Gasteiger partial charge in [0.1, 0.15) is 35.8 Å². The third-order valence-electron chi connectivity index (χ3n) is 6.36. The minimum atomic E-state index is -4.77. The Hall–Kier alpha value is -3.28. The van der Waals surface area contributed by atoms with Crippen LogP contribution in [0.25, 0.3) is 44.0 Å². The van der Waals surface area contributed by atoms with Gasteiger partial charge in [-0.3, -0.25) is 9.09 Å². The summed E-state index contributed by atoms with van der Waals surface area (Å²) in [6, 6.07) is 18.4. The van der Waals surface area contributed by atoms with Crippen molar-refractivity contribution in [3.8, 4) is 11.3 Å². The molecule has 4 N–H and O–H groups in total. The molecule has 11 nitrogen and oxygen atoms in total. The molecular weight excluding hydrogens is 487 g/mol. The Bertz CT molecular complexity index is 1650. The summed E-state index contributed by atoms with van der Waals surface area (Å²) in [6.45, 7) is -0.600. The van der Waals surface area contributed by atoms with Gasteiger partial charge < -0.3 is 24.7 Å². The van der Waals surface area contributed by atoms with E-state index in [1.54, 1.807) is 0 Å². The van der Waals surface area contributed by atoms with Crippen molar-refractivity contribution in [2.24, 2.45) is 0 Å². The lowest BCUT2D eigenvalue weighted by Gasteiger charge is -2.16. The molecule has 184 valence electrons. The van der Waals surface area contributed by atoms with Crippen molar-refractivity contribution in [1.82, 2.24) is 19.5 Å². The topological polar surface area (TPSA) is 160 Å². The summed E-state index contributed by atoms with van der Waals surface area (Å²) in [5.74, 6) is 0. The number of hydrogen-bond acceptors (Lipinski definition) is 8. The number of ether oxygens (including phenoxy) is 1. The molecule has 1 aliphatic rings. The predicted octanol–water partition coefficient (Wildman–Crippen LogP) is 2.53. The molecule has 4 atom stereocenters. The number of benzene rings is 3. The quantitative estimate of drug-likeness (QED) is 0.205. The number of nitrogens with zero attached hydrogens (tertiary/aromatic N) is 4. The summed E-state index contributed by atoms with van der Waals surface area (Å²) >= 11 is 0. The third-order valence-corrected chi connectivity index (χ3v) is 6.84. The summed E-state index contributed by atoms with van der Waals surface area (Å²) in [5, 5.41) is 25.3. The highest BCUT2D eigenvalue weighted by atomic mass is 31.2. The molecule has 0 radical (unpaired) electrons. The van der Waals surface area contributed by atoms with Crippen molar-refractivity contribution < 1.29 is 33.8 Å². The molecule has 6 rings (SSSR count). The van der Waals surface area contributed by atoms with Crippen LogP contribution in [0.3, 0.4) is 0 Å². The molecule has 3 aromatic carbocycles.